The quantitative estimate of drug-likeness (QED) is 0.840. The van der Waals surface area contributed by atoms with Crippen molar-refractivity contribution in [3.8, 4) is 6.07 Å². The van der Waals surface area contributed by atoms with Crippen molar-refractivity contribution in [3.63, 3.8) is 0 Å². The molecule has 0 radical (unpaired) electrons. The number of carbonyl (C=O) groups is 2. The summed E-state index contributed by atoms with van der Waals surface area (Å²) in [6.07, 6.45) is 5.16. The zero-order valence-corrected chi connectivity index (χ0v) is 14.2. The van der Waals surface area contributed by atoms with Crippen LogP contribution in [0.1, 0.15) is 56.4 Å². The summed E-state index contributed by atoms with van der Waals surface area (Å²) in [5, 5.41) is 17.1. The number of carbonyl (C=O) groups excluding carboxylic acids is 2. The molecule has 0 saturated heterocycles. The van der Waals surface area contributed by atoms with E-state index in [-0.39, 0.29) is 24.3 Å². The zero-order chi connectivity index (χ0) is 16.7. The van der Waals surface area contributed by atoms with E-state index in [1.807, 2.05) is 17.5 Å². The van der Waals surface area contributed by atoms with E-state index in [1.165, 1.54) is 24.7 Å². The van der Waals surface area contributed by atoms with E-state index in [0.717, 1.165) is 30.6 Å². The van der Waals surface area contributed by atoms with Gasteiger partial charge in [0.2, 0.25) is 11.8 Å². The van der Waals surface area contributed by atoms with Gasteiger partial charge in [-0.15, -0.1) is 11.3 Å². The average molecular weight is 333 g/mol. The molecule has 1 aliphatic carbocycles. The number of amides is 2. The number of hydrogen-bond acceptors (Lipinski definition) is 4. The highest BCUT2D eigenvalue weighted by Crippen LogP contribution is 2.35. The van der Waals surface area contributed by atoms with E-state index in [2.05, 4.69) is 16.7 Å². The number of rotatable bonds is 6. The lowest BCUT2D eigenvalue weighted by molar-refractivity contribution is -0.123. The monoisotopic (exact) mass is 333 g/mol. The molecule has 1 saturated carbocycles. The summed E-state index contributed by atoms with van der Waals surface area (Å²) in [5.41, 5.74) is -0.416. The number of hydrogen-bond donors (Lipinski definition) is 2. The second kappa shape index (κ2) is 8.11. The fourth-order valence-corrected chi connectivity index (χ4v) is 3.82. The van der Waals surface area contributed by atoms with Gasteiger partial charge in [-0.05, 0) is 24.3 Å². The summed E-state index contributed by atoms with van der Waals surface area (Å²) in [4.78, 5) is 24.6. The highest BCUT2D eigenvalue weighted by molar-refractivity contribution is 7.10. The van der Waals surface area contributed by atoms with E-state index in [0.29, 0.717) is 6.54 Å². The molecule has 0 spiro atoms. The fraction of sp³-hybridized carbons (Fsp3) is 0.588. The Morgan fingerprint density at radius 3 is 2.70 bits per heavy atom. The van der Waals surface area contributed by atoms with Crippen LogP contribution in [0.2, 0.25) is 0 Å². The molecule has 1 unspecified atom stereocenters. The number of nitriles is 1. The molecule has 1 heterocycles. The maximum atomic E-state index is 12.3. The normalized spacial score (nSPS) is 17.7. The molecule has 23 heavy (non-hydrogen) atoms. The Morgan fingerprint density at radius 1 is 1.39 bits per heavy atom. The lowest BCUT2D eigenvalue weighted by Crippen LogP contribution is -2.39. The third-order valence-electron chi connectivity index (χ3n) is 4.33. The second-order valence-electron chi connectivity index (χ2n) is 6.20. The van der Waals surface area contributed by atoms with Gasteiger partial charge in [0.05, 0.1) is 23.9 Å². The summed E-state index contributed by atoms with van der Waals surface area (Å²) in [6.45, 7) is 1.85. The van der Waals surface area contributed by atoms with Crippen LogP contribution in [-0.2, 0) is 9.59 Å². The van der Waals surface area contributed by atoms with Crippen molar-refractivity contribution in [2.24, 2.45) is 5.41 Å². The third kappa shape index (κ3) is 5.07. The minimum Gasteiger partial charge on any atom is -0.354 e. The number of nitrogens with zero attached hydrogens (tertiary/aromatic N) is 1. The summed E-state index contributed by atoms with van der Waals surface area (Å²) < 4.78 is 0. The van der Waals surface area contributed by atoms with Gasteiger partial charge >= 0.3 is 0 Å². The summed E-state index contributed by atoms with van der Waals surface area (Å²) in [5.74, 6) is -0.283. The van der Waals surface area contributed by atoms with Gasteiger partial charge in [-0.3, -0.25) is 9.59 Å². The molecule has 0 aliphatic heterocycles. The second-order valence-corrected chi connectivity index (χ2v) is 7.18. The topological polar surface area (TPSA) is 82.0 Å². The molecule has 5 nitrogen and oxygen atoms in total. The first-order valence-corrected chi connectivity index (χ1v) is 8.91. The first-order chi connectivity index (χ1) is 11.0. The van der Waals surface area contributed by atoms with Crippen molar-refractivity contribution in [1.82, 2.24) is 10.6 Å². The third-order valence-corrected chi connectivity index (χ3v) is 5.31. The molecule has 0 bridgehead atoms. The maximum Gasteiger partial charge on any atom is 0.222 e. The molecule has 1 fully saturated rings. The molecule has 1 aliphatic rings. The Labute approximate surface area is 141 Å². The largest absolute Gasteiger partial charge is 0.354 e. The number of nitrogens with one attached hydrogen (secondary N) is 2. The fourth-order valence-electron chi connectivity index (χ4n) is 3.04. The molecular weight excluding hydrogens is 310 g/mol. The predicted molar refractivity (Wildman–Crippen MR) is 89.6 cm³/mol. The molecule has 2 N–H and O–H groups in total. The molecular formula is C17H23N3O2S. The van der Waals surface area contributed by atoms with E-state index in [1.54, 1.807) is 0 Å². The van der Waals surface area contributed by atoms with Gasteiger partial charge in [-0.2, -0.15) is 5.26 Å². The van der Waals surface area contributed by atoms with Crippen LogP contribution in [0.25, 0.3) is 0 Å². The van der Waals surface area contributed by atoms with Crippen molar-refractivity contribution in [3.05, 3.63) is 22.4 Å². The Hall–Kier alpha value is -1.87. The van der Waals surface area contributed by atoms with Gasteiger partial charge in [0.25, 0.3) is 0 Å². The summed E-state index contributed by atoms with van der Waals surface area (Å²) in [7, 11) is 0. The number of thiophene rings is 1. The van der Waals surface area contributed by atoms with Gasteiger partial charge in [0, 0.05) is 18.3 Å². The van der Waals surface area contributed by atoms with Gasteiger partial charge in [-0.1, -0.05) is 25.3 Å². The van der Waals surface area contributed by atoms with Crippen LogP contribution in [0.15, 0.2) is 17.5 Å². The van der Waals surface area contributed by atoms with E-state index < -0.39 is 5.41 Å². The van der Waals surface area contributed by atoms with Crippen molar-refractivity contribution < 1.29 is 9.59 Å². The van der Waals surface area contributed by atoms with Crippen molar-refractivity contribution in [1.29, 1.82) is 5.26 Å². The SMILES string of the molecule is CC(=O)NC(CC(=O)NCC1(C#N)CCCCC1)c1cccs1. The highest BCUT2D eigenvalue weighted by atomic mass is 32.1. The van der Waals surface area contributed by atoms with Crippen LogP contribution in [0, 0.1) is 16.7 Å². The molecule has 0 aromatic carbocycles. The molecule has 2 rings (SSSR count). The first-order valence-electron chi connectivity index (χ1n) is 8.03. The Bertz CT molecular complexity index is 571. The molecule has 1 atom stereocenters. The molecule has 2 amide bonds. The highest BCUT2D eigenvalue weighted by Gasteiger charge is 2.32. The predicted octanol–water partition coefficient (Wildman–Crippen LogP) is 2.91. The lowest BCUT2D eigenvalue weighted by Gasteiger charge is -2.30. The Morgan fingerprint density at radius 2 is 2.13 bits per heavy atom. The zero-order valence-electron chi connectivity index (χ0n) is 13.4. The minimum absolute atomic E-state index is 0.127. The van der Waals surface area contributed by atoms with E-state index in [4.69, 9.17) is 0 Å². The lowest BCUT2D eigenvalue weighted by atomic mass is 9.75. The molecule has 1 aromatic rings. The van der Waals surface area contributed by atoms with E-state index in [9.17, 15) is 14.9 Å². The summed E-state index contributed by atoms with van der Waals surface area (Å²) in [6, 6.07) is 5.91. The smallest absolute Gasteiger partial charge is 0.222 e. The Kier molecular flexibility index (Phi) is 6.17. The first kappa shape index (κ1) is 17.5. The van der Waals surface area contributed by atoms with Crippen LogP contribution in [0.5, 0.6) is 0 Å². The van der Waals surface area contributed by atoms with Gasteiger partial charge in [0.1, 0.15) is 0 Å². The van der Waals surface area contributed by atoms with Gasteiger partial charge in [0.15, 0.2) is 0 Å². The standard InChI is InChI=1S/C17H23N3O2S/c1-13(21)20-14(15-6-5-9-23-15)10-16(22)19-12-17(11-18)7-3-2-4-8-17/h5-6,9,14H,2-4,7-8,10,12H2,1H3,(H,19,22)(H,20,21). The van der Waals surface area contributed by atoms with Gasteiger partial charge < -0.3 is 10.6 Å². The maximum absolute atomic E-state index is 12.3. The van der Waals surface area contributed by atoms with Crippen molar-refractivity contribution in [2.75, 3.05) is 6.54 Å². The van der Waals surface area contributed by atoms with Crippen LogP contribution in [0.3, 0.4) is 0 Å². The molecule has 6 heteroatoms. The van der Waals surface area contributed by atoms with Crippen LogP contribution in [-0.4, -0.2) is 18.4 Å². The van der Waals surface area contributed by atoms with Crippen LogP contribution < -0.4 is 10.6 Å². The summed E-state index contributed by atoms with van der Waals surface area (Å²) >= 11 is 1.52. The Balaban J connectivity index is 1.91. The van der Waals surface area contributed by atoms with Gasteiger partial charge in [-0.25, -0.2) is 0 Å². The van der Waals surface area contributed by atoms with E-state index >= 15 is 0 Å². The minimum atomic E-state index is -0.416. The van der Waals surface area contributed by atoms with Crippen LogP contribution in [0.4, 0.5) is 0 Å². The van der Waals surface area contributed by atoms with Crippen molar-refractivity contribution in [2.45, 2.75) is 51.5 Å². The molecule has 124 valence electrons. The average Bonchev–Trinajstić information content (AvgIpc) is 3.07. The molecule has 1 aromatic heterocycles. The van der Waals surface area contributed by atoms with Crippen LogP contribution >= 0.6 is 11.3 Å². The van der Waals surface area contributed by atoms with Crippen molar-refractivity contribution >= 4 is 23.2 Å².